The Morgan fingerprint density at radius 3 is 2.48 bits per heavy atom. The fraction of sp³-hybridized carbons (Fsp3) is 0.400. The summed E-state index contributed by atoms with van der Waals surface area (Å²) >= 11 is 9.50. The SMILES string of the molecule is Cl.Clc1ccc(COc2ccc(Br)cc2CNC2CCCCC2)cc1. The van der Waals surface area contributed by atoms with Gasteiger partial charge >= 0.3 is 0 Å². The van der Waals surface area contributed by atoms with E-state index in [2.05, 4.69) is 27.3 Å². The lowest BCUT2D eigenvalue weighted by Crippen LogP contribution is -2.30. The van der Waals surface area contributed by atoms with Gasteiger partial charge in [-0.15, -0.1) is 12.4 Å². The molecule has 1 N–H and O–H groups in total. The summed E-state index contributed by atoms with van der Waals surface area (Å²) in [5.41, 5.74) is 2.32. The molecule has 3 rings (SSSR count). The standard InChI is InChI=1S/C20H23BrClNO.ClH/c21-17-8-11-20(24-14-15-6-9-18(22)10-7-15)16(12-17)13-23-19-4-2-1-3-5-19;/h6-12,19,23H,1-5,13-14H2;1H. The number of nitrogens with one attached hydrogen (secondary N) is 1. The van der Waals surface area contributed by atoms with Crippen molar-refractivity contribution in [3.8, 4) is 5.75 Å². The largest absolute Gasteiger partial charge is 0.489 e. The summed E-state index contributed by atoms with van der Waals surface area (Å²) in [7, 11) is 0. The van der Waals surface area contributed by atoms with Crippen molar-refractivity contribution >= 4 is 39.9 Å². The number of ether oxygens (including phenoxy) is 1. The highest BCUT2D eigenvalue weighted by Crippen LogP contribution is 2.25. The summed E-state index contributed by atoms with van der Waals surface area (Å²) in [5.74, 6) is 0.941. The first kappa shape index (κ1) is 20.6. The second-order valence-electron chi connectivity index (χ2n) is 6.38. The smallest absolute Gasteiger partial charge is 0.124 e. The Bertz CT molecular complexity index is 657. The zero-order valence-corrected chi connectivity index (χ0v) is 17.3. The molecule has 2 nitrogen and oxygen atoms in total. The van der Waals surface area contributed by atoms with E-state index in [-0.39, 0.29) is 12.4 Å². The van der Waals surface area contributed by atoms with E-state index in [1.165, 1.54) is 37.7 Å². The van der Waals surface area contributed by atoms with E-state index in [4.69, 9.17) is 16.3 Å². The molecule has 2 aromatic rings. The Morgan fingerprint density at radius 2 is 1.76 bits per heavy atom. The molecule has 0 amide bonds. The van der Waals surface area contributed by atoms with Crippen LogP contribution in [0.4, 0.5) is 0 Å². The van der Waals surface area contributed by atoms with Gasteiger partial charge in [0.15, 0.2) is 0 Å². The molecule has 0 saturated heterocycles. The lowest BCUT2D eigenvalue weighted by molar-refractivity contribution is 0.299. The van der Waals surface area contributed by atoms with Crippen molar-refractivity contribution in [2.45, 2.75) is 51.3 Å². The van der Waals surface area contributed by atoms with Crippen molar-refractivity contribution < 1.29 is 4.74 Å². The summed E-state index contributed by atoms with van der Waals surface area (Å²) in [6.45, 7) is 1.40. The van der Waals surface area contributed by atoms with Crippen molar-refractivity contribution in [2.75, 3.05) is 0 Å². The van der Waals surface area contributed by atoms with Crippen LogP contribution in [0.1, 0.15) is 43.2 Å². The number of hydrogen-bond acceptors (Lipinski definition) is 2. The first-order chi connectivity index (χ1) is 11.7. The highest BCUT2D eigenvalue weighted by Gasteiger charge is 2.14. The molecular formula is C20H24BrCl2NO. The molecule has 0 unspecified atom stereocenters. The van der Waals surface area contributed by atoms with Gasteiger partial charge in [0.1, 0.15) is 12.4 Å². The highest BCUT2D eigenvalue weighted by molar-refractivity contribution is 9.10. The lowest BCUT2D eigenvalue weighted by atomic mass is 9.95. The van der Waals surface area contributed by atoms with E-state index >= 15 is 0 Å². The normalized spacial score (nSPS) is 14.8. The molecule has 0 aliphatic heterocycles. The maximum absolute atomic E-state index is 6.05. The summed E-state index contributed by atoms with van der Waals surface area (Å²) < 4.78 is 7.14. The van der Waals surface area contributed by atoms with Gasteiger partial charge in [0, 0.05) is 27.6 Å². The summed E-state index contributed by atoms with van der Waals surface area (Å²) in [5, 5.41) is 4.44. The molecule has 5 heteroatoms. The minimum absolute atomic E-state index is 0. The van der Waals surface area contributed by atoms with Crippen LogP contribution in [0.2, 0.25) is 5.02 Å². The van der Waals surface area contributed by atoms with Gasteiger partial charge in [0.25, 0.3) is 0 Å². The molecular weight excluding hydrogens is 421 g/mol. The van der Waals surface area contributed by atoms with Crippen molar-refractivity contribution in [3.05, 3.63) is 63.1 Å². The molecule has 25 heavy (non-hydrogen) atoms. The number of halogens is 3. The van der Waals surface area contributed by atoms with Gasteiger partial charge in [0.2, 0.25) is 0 Å². The van der Waals surface area contributed by atoms with Crippen molar-refractivity contribution in [1.29, 1.82) is 0 Å². The van der Waals surface area contributed by atoms with E-state index < -0.39 is 0 Å². The van der Waals surface area contributed by atoms with Gasteiger partial charge in [-0.1, -0.05) is 58.9 Å². The van der Waals surface area contributed by atoms with Gasteiger partial charge in [-0.25, -0.2) is 0 Å². The number of rotatable bonds is 6. The molecule has 0 atom stereocenters. The summed E-state index contributed by atoms with van der Waals surface area (Å²) in [4.78, 5) is 0. The fourth-order valence-electron chi connectivity index (χ4n) is 3.13. The van der Waals surface area contributed by atoms with Gasteiger partial charge in [-0.3, -0.25) is 0 Å². The van der Waals surface area contributed by atoms with Crippen molar-refractivity contribution in [3.63, 3.8) is 0 Å². The van der Waals surface area contributed by atoms with Crippen LogP contribution in [0, 0.1) is 0 Å². The van der Waals surface area contributed by atoms with E-state index in [0.29, 0.717) is 12.6 Å². The lowest BCUT2D eigenvalue weighted by Gasteiger charge is -2.23. The summed E-state index contributed by atoms with van der Waals surface area (Å²) in [6.07, 6.45) is 6.64. The van der Waals surface area contributed by atoms with Crippen molar-refractivity contribution in [2.24, 2.45) is 0 Å². The topological polar surface area (TPSA) is 21.3 Å². The van der Waals surface area contributed by atoms with Crippen LogP contribution in [-0.4, -0.2) is 6.04 Å². The quantitative estimate of drug-likeness (QED) is 0.546. The van der Waals surface area contributed by atoms with Crippen LogP contribution in [-0.2, 0) is 13.2 Å². The van der Waals surface area contributed by atoms with E-state index in [1.54, 1.807) is 0 Å². The molecule has 1 saturated carbocycles. The Balaban J connectivity index is 0.00000225. The van der Waals surface area contributed by atoms with Gasteiger partial charge in [-0.05, 0) is 48.7 Å². The highest BCUT2D eigenvalue weighted by atomic mass is 79.9. The molecule has 0 bridgehead atoms. The third-order valence-electron chi connectivity index (χ3n) is 4.52. The van der Waals surface area contributed by atoms with E-state index in [1.807, 2.05) is 36.4 Å². The zero-order valence-electron chi connectivity index (χ0n) is 14.1. The minimum atomic E-state index is 0. The average Bonchev–Trinajstić information content (AvgIpc) is 2.61. The van der Waals surface area contributed by atoms with E-state index in [0.717, 1.165) is 27.4 Å². The van der Waals surface area contributed by atoms with Crippen LogP contribution >= 0.6 is 39.9 Å². The van der Waals surface area contributed by atoms with E-state index in [9.17, 15) is 0 Å². The van der Waals surface area contributed by atoms with Gasteiger partial charge in [0.05, 0.1) is 0 Å². The van der Waals surface area contributed by atoms with Gasteiger partial charge < -0.3 is 10.1 Å². The molecule has 0 heterocycles. The predicted octanol–water partition coefficient (Wildman–Crippen LogP) is 6.53. The molecule has 1 fully saturated rings. The minimum Gasteiger partial charge on any atom is -0.489 e. The first-order valence-corrected chi connectivity index (χ1v) is 9.77. The molecule has 0 aromatic heterocycles. The maximum Gasteiger partial charge on any atom is 0.124 e. The fourth-order valence-corrected chi connectivity index (χ4v) is 3.66. The molecule has 2 aromatic carbocycles. The first-order valence-electron chi connectivity index (χ1n) is 8.60. The Hall–Kier alpha value is -0.740. The van der Waals surface area contributed by atoms with Crippen LogP contribution in [0.15, 0.2) is 46.9 Å². The van der Waals surface area contributed by atoms with Crippen LogP contribution in [0.3, 0.4) is 0 Å². The maximum atomic E-state index is 6.05. The van der Waals surface area contributed by atoms with Crippen molar-refractivity contribution in [1.82, 2.24) is 5.32 Å². The summed E-state index contributed by atoms with van der Waals surface area (Å²) in [6, 6.07) is 14.6. The second kappa shape index (κ2) is 10.4. The predicted molar refractivity (Wildman–Crippen MR) is 111 cm³/mol. The second-order valence-corrected chi connectivity index (χ2v) is 7.74. The Kier molecular flexibility index (Phi) is 8.57. The Labute approximate surface area is 169 Å². The molecule has 0 spiro atoms. The Morgan fingerprint density at radius 1 is 1.04 bits per heavy atom. The number of benzene rings is 2. The molecule has 136 valence electrons. The van der Waals surface area contributed by atoms with Gasteiger partial charge in [-0.2, -0.15) is 0 Å². The average molecular weight is 445 g/mol. The van der Waals surface area contributed by atoms with Crippen LogP contribution < -0.4 is 10.1 Å². The third-order valence-corrected chi connectivity index (χ3v) is 5.26. The molecule has 1 aliphatic rings. The zero-order chi connectivity index (χ0) is 16.8. The van der Waals surface area contributed by atoms with Crippen LogP contribution in [0.5, 0.6) is 5.75 Å². The van der Waals surface area contributed by atoms with Crippen LogP contribution in [0.25, 0.3) is 0 Å². The monoisotopic (exact) mass is 443 g/mol. The number of hydrogen-bond donors (Lipinski definition) is 1. The molecule has 1 aliphatic carbocycles. The molecule has 0 radical (unpaired) electrons. The third kappa shape index (κ3) is 6.49.